The van der Waals surface area contributed by atoms with Gasteiger partial charge in [-0.25, -0.2) is 4.99 Å². The van der Waals surface area contributed by atoms with E-state index in [2.05, 4.69) is 27.6 Å². The fraction of sp³-hybridized carbons (Fsp3) is 0.125. The van der Waals surface area contributed by atoms with E-state index in [0.717, 1.165) is 14.8 Å². The van der Waals surface area contributed by atoms with Crippen molar-refractivity contribution in [2.24, 2.45) is 16.5 Å². The molecule has 12 heavy (non-hydrogen) atoms. The molecule has 0 spiro atoms. The molecule has 0 saturated heterocycles. The van der Waals surface area contributed by atoms with Crippen LogP contribution in [0.2, 0.25) is 0 Å². The predicted octanol–water partition coefficient (Wildman–Crippen LogP) is 1.50. The van der Waals surface area contributed by atoms with Crippen LogP contribution in [0.15, 0.2) is 23.2 Å². The molecule has 0 bridgehead atoms. The fourth-order valence-corrected chi connectivity index (χ4v) is 1.32. The second-order valence-electron chi connectivity index (χ2n) is 2.47. The summed E-state index contributed by atoms with van der Waals surface area (Å²) in [6, 6.07) is 5.95. The molecule has 64 valence electrons. The SMILES string of the molecule is Cc1ccc(I)cc1N=C(N)N. The lowest BCUT2D eigenvalue weighted by Gasteiger charge is -2.00. The van der Waals surface area contributed by atoms with Crippen LogP contribution in [0, 0.1) is 10.5 Å². The van der Waals surface area contributed by atoms with Crippen molar-refractivity contribution >= 4 is 34.2 Å². The van der Waals surface area contributed by atoms with Crippen LogP contribution in [-0.2, 0) is 0 Å². The lowest BCUT2D eigenvalue weighted by molar-refractivity contribution is 1.35. The highest BCUT2D eigenvalue weighted by atomic mass is 127. The number of nitrogens with zero attached hydrogens (tertiary/aromatic N) is 1. The van der Waals surface area contributed by atoms with Gasteiger partial charge in [0, 0.05) is 3.57 Å². The summed E-state index contributed by atoms with van der Waals surface area (Å²) in [6.07, 6.45) is 0. The zero-order chi connectivity index (χ0) is 9.14. The molecule has 0 radical (unpaired) electrons. The van der Waals surface area contributed by atoms with Crippen LogP contribution in [0.1, 0.15) is 5.56 Å². The number of benzene rings is 1. The topological polar surface area (TPSA) is 64.4 Å². The van der Waals surface area contributed by atoms with Gasteiger partial charge in [-0.15, -0.1) is 0 Å². The Bertz CT molecular complexity index is 316. The molecule has 0 fully saturated rings. The van der Waals surface area contributed by atoms with E-state index < -0.39 is 0 Å². The quantitative estimate of drug-likeness (QED) is 0.463. The standard InChI is InChI=1S/C8H10IN3/c1-5-2-3-6(9)4-7(5)12-8(10)11/h2-4H,1H3,(H4,10,11,12). The normalized spacial score (nSPS) is 9.50. The average molecular weight is 275 g/mol. The maximum Gasteiger partial charge on any atom is 0.191 e. The first-order valence-electron chi connectivity index (χ1n) is 3.45. The molecule has 1 rings (SSSR count). The van der Waals surface area contributed by atoms with E-state index in [9.17, 15) is 0 Å². The van der Waals surface area contributed by atoms with Crippen molar-refractivity contribution in [1.82, 2.24) is 0 Å². The molecule has 0 aromatic heterocycles. The lowest BCUT2D eigenvalue weighted by atomic mass is 10.2. The number of nitrogens with two attached hydrogens (primary N) is 2. The minimum atomic E-state index is 0.0973. The molecular weight excluding hydrogens is 265 g/mol. The third kappa shape index (κ3) is 2.37. The van der Waals surface area contributed by atoms with Gasteiger partial charge in [-0.3, -0.25) is 0 Å². The summed E-state index contributed by atoms with van der Waals surface area (Å²) in [5.41, 5.74) is 12.4. The van der Waals surface area contributed by atoms with Gasteiger partial charge in [0.1, 0.15) is 0 Å². The molecule has 0 amide bonds. The van der Waals surface area contributed by atoms with E-state index in [4.69, 9.17) is 11.5 Å². The van der Waals surface area contributed by atoms with Crippen molar-refractivity contribution in [3.8, 4) is 0 Å². The summed E-state index contributed by atoms with van der Waals surface area (Å²) in [5.74, 6) is 0.0973. The molecule has 4 N–H and O–H groups in total. The van der Waals surface area contributed by atoms with Gasteiger partial charge in [-0.1, -0.05) is 6.07 Å². The van der Waals surface area contributed by atoms with Gasteiger partial charge >= 0.3 is 0 Å². The zero-order valence-electron chi connectivity index (χ0n) is 6.71. The van der Waals surface area contributed by atoms with Crippen LogP contribution in [0.3, 0.4) is 0 Å². The minimum absolute atomic E-state index is 0.0973. The Morgan fingerprint density at radius 1 is 1.42 bits per heavy atom. The van der Waals surface area contributed by atoms with Crippen LogP contribution in [0.4, 0.5) is 5.69 Å². The molecular formula is C8H10IN3. The smallest absolute Gasteiger partial charge is 0.191 e. The van der Waals surface area contributed by atoms with Crippen molar-refractivity contribution in [3.05, 3.63) is 27.3 Å². The number of hydrogen-bond acceptors (Lipinski definition) is 1. The maximum absolute atomic E-state index is 5.27. The summed E-state index contributed by atoms with van der Waals surface area (Å²) >= 11 is 2.22. The highest BCUT2D eigenvalue weighted by Crippen LogP contribution is 2.20. The van der Waals surface area contributed by atoms with Gasteiger partial charge in [0.25, 0.3) is 0 Å². The zero-order valence-corrected chi connectivity index (χ0v) is 8.87. The monoisotopic (exact) mass is 275 g/mol. The van der Waals surface area contributed by atoms with E-state index in [1.807, 2.05) is 25.1 Å². The second-order valence-corrected chi connectivity index (χ2v) is 3.71. The molecule has 1 aromatic rings. The summed E-state index contributed by atoms with van der Waals surface area (Å²) in [5, 5.41) is 0. The Morgan fingerprint density at radius 3 is 2.67 bits per heavy atom. The van der Waals surface area contributed by atoms with Crippen molar-refractivity contribution in [3.63, 3.8) is 0 Å². The first kappa shape index (κ1) is 9.31. The van der Waals surface area contributed by atoms with Crippen molar-refractivity contribution < 1.29 is 0 Å². The molecule has 0 unspecified atom stereocenters. The molecule has 0 aliphatic heterocycles. The number of hydrogen-bond donors (Lipinski definition) is 2. The summed E-state index contributed by atoms with van der Waals surface area (Å²) in [6.45, 7) is 1.97. The van der Waals surface area contributed by atoms with Gasteiger partial charge in [-0.2, -0.15) is 0 Å². The Morgan fingerprint density at radius 2 is 2.08 bits per heavy atom. The van der Waals surface area contributed by atoms with Crippen LogP contribution >= 0.6 is 22.6 Å². The molecule has 0 aliphatic rings. The molecule has 0 atom stereocenters. The van der Waals surface area contributed by atoms with Crippen LogP contribution in [0.25, 0.3) is 0 Å². The number of halogens is 1. The van der Waals surface area contributed by atoms with E-state index in [0.29, 0.717) is 0 Å². The van der Waals surface area contributed by atoms with Crippen LogP contribution in [-0.4, -0.2) is 5.96 Å². The molecule has 3 nitrogen and oxygen atoms in total. The van der Waals surface area contributed by atoms with Gasteiger partial charge < -0.3 is 11.5 Å². The second kappa shape index (κ2) is 3.75. The molecule has 0 aliphatic carbocycles. The van der Waals surface area contributed by atoms with Crippen LogP contribution < -0.4 is 11.5 Å². The summed E-state index contributed by atoms with van der Waals surface area (Å²) in [7, 11) is 0. The minimum Gasteiger partial charge on any atom is -0.370 e. The maximum atomic E-state index is 5.27. The van der Waals surface area contributed by atoms with Gasteiger partial charge in [0.15, 0.2) is 5.96 Å². The Hall–Kier alpha value is -0.780. The Labute approximate surface area is 85.0 Å². The average Bonchev–Trinajstić information content (AvgIpc) is 1.96. The van der Waals surface area contributed by atoms with E-state index >= 15 is 0 Å². The van der Waals surface area contributed by atoms with Crippen molar-refractivity contribution in [2.45, 2.75) is 6.92 Å². The first-order valence-corrected chi connectivity index (χ1v) is 4.53. The fourth-order valence-electron chi connectivity index (χ4n) is 0.842. The van der Waals surface area contributed by atoms with Crippen molar-refractivity contribution in [1.29, 1.82) is 0 Å². The highest BCUT2D eigenvalue weighted by molar-refractivity contribution is 14.1. The number of guanidine groups is 1. The molecule has 4 heteroatoms. The van der Waals surface area contributed by atoms with Gasteiger partial charge in [0.05, 0.1) is 5.69 Å². The third-order valence-electron chi connectivity index (χ3n) is 1.42. The van der Waals surface area contributed by atoms with Gasteiger partial charge in [0.2, 0.25) is 0 Å². The predicted molar refractivity (Wildman–Crippen MR) is 59.4 cm³/mol. The Balaban J connectivity index is 3.14. The number of aliphatic imine (C=N–C) groups is 1. The lowest BCUT2D eigenvalue weighted by Crippen LogP contribution is -2.22. The summed E-state index contributed by atoms with van der Waals surface area (Å²) < 4.78 is 1.12. The van der Waals surface area contributed by atoms with Crippen molar-refractivity contribution in [2.75, 3.05) is 0 Å². The number of rotatable bonds is 1. The first-order chi connectivity index (χ1) is 5.59. The molecule has 0 saturated carbocycles. The number of aryl methyl sites for hydroxylation is 1. The summed E-state index contributed by atoms with van der Waals surface area (Å²) in [4.78, 5) is 3.99. The van der Waals surface area contributed by atoms with E-state index in [-0.39, 0.29) is 5.96 Å². The van der Waals surface area contributed by atoms with E-state index in [1.165, 1.54) is 0 Å². The molecule has 1 aromatic carbocycles. The van der Waals surface area contributed by atoms with Crippen LogP contribution in [0.5, 0.6) is 0 Å². The molecule has 0 heterocycles. The van der Waals surface area contributed by atoms with Gasteiger partial charge in [-0.05, 0) is 47.2 Å². The largest absolute Gasteiger partial charge is 0.370 e. The van der Waals surface area contributed by atoms with E-state index in [1.54, 1.807) is 0 Å². The Kier molecular flexibility index (Phi) is 2.91. The third-order valence-corrected chi connectivity index (χ3v) is 2.09. The highest BCUT2D eigenvalue weighted by Gasteiger charge is 1.96.